The van der Waals surface area contributed by atoms with Crippen molar-refractivity contribution in [3.63, 3.8) is 0 Å². The molecule has 27 heavy (non-hydrogen) atoms. The molecule has 3 rings (SSSR count). The van der Waals surface area contributed by atoms with Crippen LogP contribution in [0.25, 0.3) is 22.0 Å². The number of nitrogens with zero attached hydrogens (tertiary/aromatic N) is 2. The summed E-state index contributed by atoms with van der Waals surface area (Å²) in [4.78, 5) is 12.6. The minimum Gasteiger partial charge on any atom is -0.496 e. The first-order valence-corrected chi connectivity index (χ1v) is 9.12. The molecule has 142 valence electrons. The summed E-state index contributed by atoms with van der Waals surface area (Å²) in [5, 5.41) is 15.6. The quantitative estimate of drug-likeness (QED) is 0.660. The molecule has 0 aliphatic rings. The number of aliphatic hydroxyl groups is 1. The molecule has 0 unspecified atom stereocenters. The van der Waals surface area contributed by atoms with Gasteiger partial charge in [0.25, 0.3) is 0 Å². The van der Waals surface area contributed by atoms with E-state index in [1.807, 2.05) is 56.3 Å². The summed E-state index contributed by atoms with van der Waals surface area (Å²) >= 11 is 0. The van der Waals surface area contributed by atoms with Crippen LogP contribution < -0.4 is 4.74 Å². The molecule has 2 aromatic carbocycles. The number of rotatable bonds is 6. The lowest BCUT2D eigenvalue weighted by Gasteiger charge is -2.17. The Bertz CT molecular complexity index is 981. The van der Waals surface area contributed by atoms with Crippen LogP contribution in [0.3, 0.4) is 0 Å². The molecule has 0 saturated carbocycles. The number of fused-ring (bicyclic) bond motifs is 1. The average Bonchev–Trinajstić information content (AvgIpc) is 2.97. The fraction of sp³-hybridized carbons (Fsp3) is 0.364. The Labute approximate surface area is 159 Å². The van der Waals surface area contributed by atoms with Crippen LogP contribution in [0, 0.1) is 5.92 Å². The SMILES string of the molecule is COc1ccccc1-c1ccc2c(C(=O)C(C)C)nn(CC(C)(C)O)c2c1. The number of carbonyl (C=O) groups excluding carboxylic acids is 1. The molecule has 0 radical (unpaired) electrons. The summed E-state index contributed by atoms with van der Waals surface area (Å²) in [6.07, 6.45) is 0. The van der Waals surface area contributed by atoms with E-state index in [-0.39, 0.29) is 11.7 Å². The van der Waals surface area contributed by atoms with Crippen LogP contribution in [0.5, 0.6) is 5.75 Å². The molecule has 0 fully saturated rings. The van der Waals surface area contributed by atoms with Crippen molar-refractivity contribution in [2.45, 2.75) is 39.8 Å². The molecule has 0 aliphatic carbocycles. The van der Waals surface area contributed by atoms with E-state index in [1.54, 1.807) is 25.6 Å². The minimum atomic E-state index is -0.947. The van der Waals surface area contributed by atoms with Gasteiger partial charge < -0.3 is 9.84 Å². The normalized spacial score (nSPS) is 12.0. The van der Waals surface area contributed by atoms with Crippen LogP contribution in [-0.4, -0.2) is 33.4 Å². The van der Waals surface area contributed by atoms with Gasteiger partial charge in [-0.25, -0.2) is 0 Å². The first kappa shape index (κ1) is 19.1. The van der Waals surface area contributed by atoms with Crippen LogP contribution in [0.4, 0.5) is 0 Å². The fourth-order valence-electron chi connectivity index (χ4n) is 3.17. The maximum Gasteiger partial charge on any atom is 0.186 e. The van der Waals surface area contributed by atoms with Crippen molar-refractivity contribution in [2.75, 3.05) is 7.11 Å². The van der Waals surface area contributed by atoms with Gasteiger partial charge in [0.05, 0.1) is 24.8 Å². The fourth-order valence-corrected chi connectivity index (χ4v) is 3.17. The van der Waals surface area contributed by atoms with Crippen LogP contribution in [0.15, 0.2) is 42.5 Å². The van der Waals surface area contributed by atoms with E-state index in [0.717, 1.165) is 27.8 Å². The van der Waals surface area contributed by atoms with Crippen LogP contribution in [0.1, 0.15) is 38.2 Å². The highest BCUT2D eigenvalue weighted by atomic mass is 16.5. The van der Waals surface area contributed by atoms with Crippen LogP contribution >= 0.6 is 0 Å². The maximum absolute atomic E-state index is 12.6. The van der Waals surface area contributed by atoms with Crippen LogP contribution in [0.2, 0.25) is 0 Å². The van der Waals surface area contributed by atoms with Crippen molar-refractivity contribution in [3.05, 3.63) is 48.2 Å². The van der Waals surface area contributed by atoms with Gasteiger partial charge >= 0.3 is 0 Å². The number of ether oxygens (including phenoxy) is 1. The largest absolute Gasteiger partial charge is 0.496 e. The van der Waals surface area contributed by atoms with E-state index in [1.165, 1.54) is 0 Å². The third kappa shape index (κ3) is 3.88. The Hall–Kier alpha value is -2.66. The van der Waals surface area contributed by atoms with Crippen molar-refractivity contribution < 1.29 is 14.6 Å². The van der Waals surface area contributed by atoms with E-state index < -0.39 is 5.60 Å². The summed E-state index contributed by atoms with van der Waals surface area (Å²) in [6, 6.07) is 13.7. The zero-order valence-electron chi connectivity index (χ0n) is 16.5. The molecule has 1 N–H and O–H groups in total. The predicted octanol–water partition coefficient (Wildman–Crippen LogP) is 4.32. The van der Waals surface area contributed by atoms with Gasteiger partial charge in [0.15, 0.2) is 5.78 Å². The summed E-state index contributed by atoms with van der Waals surface area (Å²) in [5.74, 6) is 0.635. The van der Waals surface area contributed by atoms with E-state index in [2.05, 4.69) is 5.10 Å². The molecular formula is C22H26N2O3. The van der Waals surface area contributed by atoms with Crippen molar-refractivity contribution in [2.24, 2.45) is 5.92 Å². The van der Waals surface area contributed by atoms with Gasteiger partial charge in [-0.1, -0.05) is 38.1 Å². The molecule has 0 atom stereocenters. The van der Waals surface area contributed by atoms with Gasteiger partial charge in [-0.3, -0.25) is 9.48 Å². The molecule has 5 nitrogen and oxygen atoms in total. The monoisotopic (exact) mass is 366 g/mol. The van der Waals surface area contributed by atoms with E-state index in [0.29, 0.717) is 12.2 Å². The van der Waals surface area contributed by atoms with Gasteiger partial charge in [0, 0.05) is 16.9 Å². The standard InChI is InChI=1S/C22H26N2O3/c1-14(2)21(25)20-17-11-10-15(16-8-6-7-9-19(16)27-5)12-18(17)24(23-20)13-22(3,4)26/h6-12,14,26H,13H2,1-5H3. The number of carbonyl (C=O) groups is 1. The number of benzene rings is 2. The summed E-state index contributed by atoms with van der Waals surface area (Å²) < 4.78 is 7.21. The van der Waals surface area contributed by atoms with Crippen molar-refractivity contribution in [3.8, 4) is 16.9 Å². The molecule has 3 aromatic rings. The molecule has 1 aromatic heterocycles. The summed E-state index contributed by atoms with van der Waals surface area (Å²) in [7, 11) is 1.65. The highest BCUT2D eigenvalue weighted by molar-refractivity contribution is 6.07. The molecule has 0 bridgehead atoms. The third-order valence-corrected chi connectivity index (χ3v) is 4.46. The van der Waals surface area contributed by atoms with Crippen molar-refractivity contribution in [1.82, 2.24) is 9.78 Å². The predicted molar refractivity (Wildman–Crippen MR) is 107 cm³/mol. The minimum absolute atomic E-state index is 0.000428. The number of ketones is 1. The first-order chi connectivity index (χ1) is 12.7. The highest BCUT2D eigenvalue weighted by Crippen LogP contribution is 2.33. The van der Waals surface area contributed by atoms with Crippen molar-refractivity contribution in [1.29, 1.82) is 0 Å². The van der Waals surface area contributed by atoms with E-state index in [9.17, 15) is 9.90 Å². The summed E-state index contributed by atoms with van der Waals surface area (Å²) in [5.41, 5.74) is 2.27. The lowest BCUT2D eigenvalue weighted by Crippen LogP contribution is -2.27. The number of hydrogen-bond acceptors (Lipinski definition) is 4. The van der Waals surface area contributed by atoms with Crippen molar-refractivity contribution >= 4 is 16.7 Å². The Balaban J connectivity index is 2.22. The topological polar surface area (TPSA) is 64.3 Å². The van der Waals surface area contributed by atoms with Gasteiger partial charge in [0.2, 0.25) is 0 Å². The molecular weight excluding hydrogens is 340 g/mol. The second-order valence-electron chi connectivity index (χ2n) is 7.77. The Morgan fingerprint density at radius 3 is 2.56 bits per heavy atom. The first-order valence-electron chi connectivity index (χ1n) is 9.12. The molecule has 5 heteroatoms. The second kappa shape index (κ2) is 7.16. The number of Topliss-reactive ketones (excluding diaryl/α,β-unsaturated/α-hetero) is 1. The Kier molecular flexibility index (Phi) is 5.07. The Morgan fingerprint density at radius 1 is 1.22 bits per heavy atom. The maximum atomic E-state index is 12.6. The lowest BCUT2D eigenvalue weighted by molar-refractivity contribution is 0.0587. The highest BCUT2D eigenvalue weighted by Gasteiger charge is 2.23. The third-order valence-electron chi connectivity index (χ3n) is 4.46. The molecule has 1 heterocycles. The average molecular weight is 366 g/mol. The molecule has 0 amide bonds. The second-order valence-corrected chi connectivity index (χ2v) is 7.77. The smallest absolute Gasteiger partial charge is 0.186 e. The molecule has 0 aliphatic heterocycles. The number of para-hydroxylation sites is 1. The zero-order valence-corrected chi connectivity index (χ0v) is 16.5. The zero-order chi connectivity index (χ0) is 19.8. The Morgan fingerprint density at radius 2 is 1.93 bits per heavy atom. The summed E-state index contributed by atoms with van der Waals surface area (Å²) in [6.45, 7) is 7.49. The van der Waals surface area contributed by atoms with Gasteiger partial charge in [-0.2, -0.15) is 5.10 Å². The lowest BCUT2D eigenvalue weighted by atomic mass is 9.99. The number of hydrogen-bond donors (Lipinski definition) is 1. The van der Waals surface area contributed by atoms with E-state index >= 15 is 0 Å². The number of methoxy groups -OCH3 is 1. The number of aromatic nitrogens is 2. The molecule has 0 spiro atoms. The van der Waals surface area contributed by atoms with E-state index in [4.69, 9.17) is 4.74 Å². The molecule has 0 saturated heterocycles. The van der Waals surface area contributed by atoms with Gasteiger partial charge in [-0.05, 0) is 37.6 Å². The van der Waals surface area contributed by atoms with Gasteiger partial charge in [-0.15, -0.1) is 0 Å². The van der Waals surface area contributed by atoms with Gasteiger partial charge in [0.1, 0.15) is 11.4 Å². The van der Waals surface area contributed by atoms with Crippen LogP contribution in [-0.2, 0) is 6.54 Å².